The van der Waals surface area contributed by atoms with Gasteiger partial charge in [0.05, 0.1) is 5.69 Å². The zero-order chi connectivity index (χ0) is 21.1. The SMILES string of the molecule is Cc1ccc(C(=O)NCCSc2c(-c3ccc(Br)cc3)[nH]c3ccccc23)cc1C. The Kier molecular flexibility index (Phi) is 6.30. The maximum Gasteiger partial charge on any atom is 0.251 e. The molecule has 1 heterocycles. The molecule has 0 fully saturated rings. The van der Waals surface area contributed by atoms with Gasteiger partial charge in [-0.25, -0.2) is 0 Å². The number of amides is 1. The molecule has 0 aliphatic carbocycles. The van der Waals surface area contributed by atoms with E-state index in [2.05, 4.69) is 75.6 Å². The number of carbonyl (C=O) groups is 1. The van der Waals surface area contributed by atoms with Crippen molar-refractivity contribution in [3.63, 3.8) is 0 Å². The number of hydrogen-bond donors (Lipinski definition) is 2. The van der Waals surface area contributed by atoms with Crippen LogP contribution in [0.1, 0.15) is 21.5 Å². The number of aromatic nitrogens is 1. The summed E-state index contributed by atoms with van der Waals surface area (Å²) in [5.74, 6) is 0.771. The van der Waals surface area contributed by atoms with Gasteiger partial charge in [0.2, 0.25) is 0 Å². The maximum atomic E-state index is 12.5. The van der Waals surface area contributed by atoms with Gasteiger partial charge in [-0.2, -0.15) is 0 Å². The predicted octanol–water partition coefficient (Wildman–Crippen LogP) is 6.74. The second kappa shape index (κ2) is 9.11. The summed E-state index contributed by atoms with van der Waals surface area (Å²) in [5.41, 5.74) is 6.44. The quantitative estimate of drug-likeness (QED) is 0.238. The molecule has 4 aromatic rings. The third kappa shape index (κ3) is 4.47. The Hall–Kier alpha value is -2.50. The Bertz CT molecular complexity index is 1200. The fourth-order valence-corrected chi connectivity index (χ4v) is 4.71. The van der Waals surface area contributed by atoms with Gasteiger partial charge in [0.1, 0.15) is 0 Å². The molecule has 0 spiro atoms. The fraction of sp³-hybridized carbons (Fsp3) is 0.160. The first-order valence-electron chi connectivity index (χ1n) is 9.88. The van der Waals surface area contributed by atoms with Gasteiger partial charge in [-0.05, 0) is 60.9 Å². The highest BCUT2D eigenvalue weighted by molar-refractivity contribution is 9.10. The van der Waals surface area contributed by atoms with Crippen LogP contribution in [0, 0.1) is 13.8 Å². The lowest BCUT2D eigenvalue weighted by molar-refractivity contribution is 0.0956. The molecule has 0 saturated heterocycles. The molecule has 152 valence electrons. The van der Waals surface area contributed by atoms with Crippen LogP contribution in [0.5, 0.6) is 0 Å². The summed E-state index contributed by atoms with van der Waals surface area (Å²) >= 11 is 5.28. The van der Waals surface area contributed by atoms with E-state index in [0.717, 1.165) is 32.6 Å². The van der Waals surface area contributed by atoms with Gasteiger partial charge in [0.25, 0.3) is 5.91 Å². The highest BCUT2D eigenvalue weighted by Gasteiger charge is 2.14. The highest BCUT2D eigenvalue weighted by Crippen LogP contribution is 2.37. The van der Waals surface area contributed by atoms with E-state index in [1.165, 1.54) is 15.8 Å². The summed E-state index contributed by atoms with van der Waals surface area (Å²) in [6, 6.07) is 22.5. The van der Waals surface area contributed by atoms with Gasteiger partial charge < -0.3 is 10.3 Å². The first-order chi connectivity index (χ1) is 14.5. The molecule has 3 aromatic carbocycles. The lowest BCUT2D eigenvalue weighted by Crippen LogP contribution is -2.25. The number of rotatable bonds is 6. The van der Waals surface area contributed by atoms with Crippen molar-refractivity contribution in [3.05, 3.63) is 87.9 Å². The normalized spacial score (nSPS) is 11.0. The van der Waals surface area contributed by atoms with E-state index in [1.54, 1.807) is 11.8 Å². The van der Waals surface area contributed by atoms with Crippen LogP contribution < -0.4 is 5.32 Å². The number of nitrogens with one attached hydrogen (secondary N) is 2. The van der Waals surface area contributed by atoms with E-state index >= 15 is 0 Å². The molecule has 0 atom stereocenters. The van der Waals surface area contributed by atoms with E-state index < -0.39 is 0 Å². The fourth-order valence-electron chi connectivity index (χ4n) is 3.39. The largest absolute Gasteiger partial charge is 0.354 e. The monoisotopic (exact) mass is 478 g/mol. The zero-order valence-corrected chi connectivity index (χ0v) is 19.4. The van der Waals surface area contributed by atoms with Gasteiger partial charge in [-0.3, -0.25) is 4.79 Å². The highest BCUT2D eigenvalue weighted by atomic mass is 79.9. The van der Waals surface area contributed by atoms with Gasteiger partial charge in [0, 0.05) is 38.1 Å². The number of carbonyl (C=O) groups excluding carboxylic acids is 1. The van der Waals surface area contributed by atoms with E-state index in [0.29, 0.717) is 12.1 Å². The van der Waals surface area contributed by atoms with Crippen LogP contribution in [0.15, 0.2) is 76.1 Å². The minimum Gasteiger partial charge on any atom is -0.354 e. The Morgan fingerprint density at radius 2 is 1.77 bits per heavy atom. The summed E-state index contributed by atoms with van der Waals surface area (Å²) < 4.78 is 1.06. The Balaban J connectivity index is 1.48. The molecule has 2 N–H and O–H groups in total. The molecule has 0 saturated carbocycles. The third-order valence-corrected chi connectivity index (χ3v) is 6.84. The van der Waals surface area contributed by atoms with Gasteiger partial charge in [-0.15, -0.1) is 11.8 Å². The number of halogens is 1. The Morgan fingerprint density at radius 1 is 1.00 bits per heavy atom. The molecule has 0 aliphatic heterocycles. The molecule has 3 nitrogen and oxygen atoms in total. The van der Waals surface area contributed by atoms with Gasteiger partial charge in [0.15, 0.2) is 0 Å². The van der Waals surface area contributed by atoms with Crippen molar-refractivity contribution in [1.29, 1.82) is 0 Å². The summed E-state index contributed by atoms with van der Waals surface area (Å²) in [7, 11) is 0. The molecule has 30 heavy (non-hydrogen) atoms. The smallest absolute Gasteiger partial charge is 0.251 e. The van der Waals surface area contributed by atoms with Crippen LogP contribution in [0.4, 0.5) is 0 Å². The zero-order valence-electron chi connectivity index (χ0n) is 17.0. The molecule has 0 unspecified atom stereocenters. The van der Waals surface area contributed by atoms with Gasteiger partial charge in [-0.1, -0.05) is 52.3 Å². The molecule has 5 heteroatoms. The molecule has 0 aliphatic rings. The first kappa shape index (κ1) is 20.8. The van der Waals surface area contributed by atoms with Crippen LogP contribution in [0.2, 0.25) is 0 Å². The van der Waals surface area contributed by atoms with Crippen molar-refractivity contribution in [3.8, 4) is 11.3 Å². The van der Waals surface area contributed by atoms with Crippen molar-refractivity contribution in [2.75, 3.05) is 12.3 Å². The van der Waals surface area contributed by atoms with Crippen molar-refractivity contribution in [1.82, 2.24) is 10.3 Å². The molecular weight excluding hydrogens is 456 g/mol. The van der Waals surface area contributed by atoms with Gasteiger partial charge >= 0.3 is 0 Å². The van der Waals surface area contributed by atoms with Crippen LogP contribution in [0.25, 0.3) is 22.2 Å². The number of benzene rings is 3. The van der Waals surface area contributed by atoms with E-state index in [9.17, 15) is 4.79 Å². The predicted molar refractivity (Wildman–Crippen MR) is 130 cm³/mol. The number of H-pyrrole nitrogens is 1. The number of thioether (sulfide) groups is 1. The minimum absolute atomic E-state index is 0.0224. The molecule has 0 bridgehead atoms. The molecular formula is C25H23BrN2OS. The van der Waals surface area contributed by atoms with E-state index in [1.807, 2.05) is 31.2 Å². The number of aromatic amines is 1. The lowest BCUT2D eigenvalue weighted by Gasteiger charge is -2.08. The number of hydrogen-bond acceptors (Lipinski definition) is 2. The van der Waals surface area contributed by atoms with Crippen LogP contribution in [-0.2, 0) is 0 Å². The van der Waals surface area contributed by atoms with Crippen molar-refractivity contribution < 1.29 is 4.79 Å². The first-order valence-corrected chi connectivity index (χ1v) is 11.7. The topological polar surface area (TPSA) is 44.9 Å². The molecule has 4 rings (SSSR count). The Morgan fingerprint density at radius 3 is 2.53 bits per heavy atom. The minimum atomic E-state index is -0.0224. The van der Waals surface area contributed by atoms with Crippen molar-refractivity contribution in [2.24, 2.45) is 0 Å². The summed E-state index contributed by atoms with van der Waals surface area (Å²) in [6.45, 7) is 4.69. The number of para-hydroxylation sites is 1. The van der Waals surface area contributed by atoms with Crippen LogP contribution in [-0.4, -0.2) is 23.2 Å². The van der Waals surface area contributed by atoms with Crippen molar-refractivity contribution in [2.45, 2.75) is 18.7 Å². The molecule has 1 aromatic heterocycles. The average Bonchev–Trinajstić information content (AvgIpc) is 3.12. The van der Waals surface area contributed by atoms with Crippen LogP contribution >= 0.6 is 27.7 Å². The number of fused-ring (bicyclic) bond motifs is 1. The number of aryl methyl sites for hydroxylation is 2. The second-order valence-corrected chi connectivity index (χ2v) is 9.31. The standard InChI is InChI=1S/C25H23BrN2OS/c1-16-7-8-19(15-17(16)2)25(29)27-13-14-30-24-21-5-3-4-6-22(21)28-23(24)18-9-11-20(26)12-10-18/h3-12,15,28H,13-14H2,1-2H3,(H,27,29). The lowest BCUT2D eigenvalue weighted by atomic mass is 10.1. The molecule has 1 amide bonds. The van der Waals surface area contributed by atoms with Crippen LogP contribution in [0.3, 0.4) is 0 Å². The average molecular weight is 479 g/mol. The third-order valence-electron chi connectivity index (χ3n) is 5.19. The summed E-state index contributed by atoms with van der Waals surface area (Å²) in [5, 5.41) is 4.26. The Labute approximate surface area is 189 Å². The summed E-state index contributed by atoms with van der Waals surface area (Å²) in [4.78, 5) is 17.3. The second-order valence-electron chi connectivity index (χ2n) is 7.29. The van der Waals surface area contributed by atoms with E-state index in [-0.39, 0.29) is 5.91 Å². The molecule has 0 radical (unpaired) electrons. The van der Waals surface area contributed by atoms with E-state index in [4.69, 9.17) is 0 Å². The van der Waals surface area contributed by atoms with Crippen molar-refractivity contribution >= 4 is 44.5 Å². The summed E-state index contributed by atoms with van der Waals surface area (Å²) in [6.07, 6.45) is 0. The maximum absolute atomic E-state index is 12.5.